The number of fused-ring (bicyclic) bond motifs is 1. The molecule has 0 amide bonds. The van der Waals surface area contributed by atoms with Crippen LogP contribution in [-0.4, -0.2) is 65.3 Å². The molecule has 0 saturated carbocycles. The summed E-state index contributed by atoms with van der Waals surface area (Å²) in [6.07, 6.45) is -1.53. The third-order valence-electron chi connectivity index (χ3n) is 8.72. The number of aromatic nitrogens is 4. The van der Waals surface area contributed by atoms with E-state index >= 15 is 0 Å². The van der Waals surface area contributed by atoms with Crippen LogP contribution in [0.5, 0.6) is 0 Å². The highest BCUT2D eigenvalue weighted by Gasteiger charge is 2.35. The Balaban J connectivity index is 1.05. The fourth-order valence-electron chi connectivity index (χ4n) is 6.25. The molecule has 2 N–H and O–H groups in total. The van der Waals surface area contributed by atoms with Gasteiger partial charge >= 0.3 is 6.18 Å². The topological polar surface area (TPSA) is 137 Å². The van der Waals surface area contributed by atoms with Crippen molar-refractivity contribution in [3.63, 3.8) is 0 Å². The molecular weight excluding hydrogens is 662 g/mol. The Morgan fingerprint density at radius 1 is 1.08 bits per heavy atom. The van der Waals surface area contributed by atoms with Gasteiger partial charge in [-0.05, 0) is 73.8 Å². The molecule has 49 heavy (non-hydrogen) atoms. The van der Waals surface area contributed by atoms with E-state index in [-0.39, 0.29) is 34.9 Å². The third-order valence-corrected chi connectivity index (χ3v) is 10.2. The summed E-state index contributed by atoms with van der Waals surface area (Å²) in [5, 5.41) is 18.4. The van der Waals surface area contributed by atoms with Crippen LogP contribution in [0.4, 0.5) is 17.6 Å². The molecule has 0 spiro atoms. The van der Waals surface area contributed by atoms with E-state index in [1.165, 1.54) is 43.3 Å². The second-order valence-corrected chi connectivity index (χ2v) is 13.8. The molecule has 0 unspecified atom stereocenters. The molecule has 1 aliphatic rings. The summed E-state index contributed by atoms with van der Waals surface area (Å²) < 4.78 is 86.3. The lowest BCUT2D eigenvalue weighted by molar-refractivity contribution is -0.137. The normalized spacial score (nSPS) is 14.7. The van der Waals surface area contributed by atoms with E-state index in [2.05, 4.69) is 24.9 Å². The largest absolute Gasteiger partial charge is 0.417 e. The highest BCUT2D eigenvalue weighted by molar-refractivity contribution is 7.89. The number of nitrogens with one attached hydrogen (secondary N) is 2. The SMILES string of the molecule is CC(=O)c1[nH]c2ccc(F)cc2c1-c1cn(CC2CCN(CCNS(=O)(=O)c3ccc(-c4ccccc4C#N)c(C(F)(F)F)c3)CC2)nn1. The number of aromatic amines is 1. The number of benzene rings is 3. The summed E-state index contributed by atoms with van der Waals surface area (Å²) in [4.78, 5) is 16.9. The van der Waals surface area contributed by atoms with E-state index in [1.807, 2.05) is 6.07 Å². The molecule has 3 heterocycles. The number of hydrogen-bond acceptors (Lipinski definition) is 7. The minimum atomic E-state index is -4.85. The van der Waals surface area contributed by atoms with Crippen LogP contribution in [0, 0.1) is 23.1 Å². The number of carbonyl (C=O) groups is 1. The Hall–Kier alpha value is -4.91. The van der Waals surface area contributed by atoms with Crippen molar-refractivity contribution < 1.29 is 30.8 Å². The molecule has 3 aromatic carbocycles. The molecule has 2 aromatic heterocycles. The summed E-state index contributed by atoms with van der Waals surface area (Å²) in [6, 6.07) is 14.8. The van der Waals surface area contributed by atoms with Gasteiger partial charge < -0.3 is 9.88 Å². The van der Waals surface area contributed by atoms with E-state index < -0.39 is 32.5 Å². The number of H-pyrrole nitrogens is 1. The first-order valence-electron chi connectivity index (χ1n) is 15.5. The number of Topliss-reactive ketones (excluding diaryl/α,β-unsaturated/α-hetero) is 1. The van der Waals surface area contributed by atoms with Gasteiger partial charge in [-0.2, -0.15) is 18.4 Å². The lowest BCUT2D eigenvalue weighted by Gasteiger charge is -2.31. The van der Waals surface area contributed by atoms with Gasteiger partial charge in [-0.1, -0.05) is 29.5 Å². The Labute approximate surface area is 279 Å². The van der Waals surface area contributed by atoms with Crippen LogP contribution in [0.1, 0.15) is 41.4 Å². The number of halogens is 4. The Morgan fingerprint density at radius 2 is 1.84 bits per heavy atom. The summed E-state index contributed by atoms with van der Waals surface area (Å²) in [5.41, 5.74) is 0.593. The average molecular weight is 694 g/mol. The van der Waals surface area contributed by atoms with Crippen molar-refractivity contribution in [3.05, 3.63) is 89.5 Å². The molecule has 254 valence electrons. The van der Waals surface area contributed by atoms with Crippen LogP contribution in [-0.2, 0) is 22.7 Å². The smallest absolute Gasteiger partial charge is 0.352 e. The molecule has 1 saturated heterocycles. The van der Waals surface area contributed by atoms with Crippen LogP contribution in [0.25, 0.3) is 33.3 Å². The average Bonchev–Trinajstić information content (AvgIpc) is 3.69. The van der Waals surface area contributed by atoms with E-state index in [9.17, 15) is 36.0 Å². The Kier molecular flexibility index (Phi) is 9.39. The van der Waals surface area contributed by atoms with Gasteiger partial charge in [0.25, 0.3) is 0 Å². The summed E-state index contributed by atoms with van der Waals surface area (Å²) in [5.74, 6) is -0.391. The molecule has 10 nitrogen and oxygen atoms in total. The van der Waals surface area contributed by atoms with Crippen LogP contribution >= 0.6 is 0 Å². The molecule has 15 heteroatoms. The van der Waals surface area contributed by atoms with Gasteiger partial charge in [0.05, 0.1) is 34.0 Å². The minimum Gasteiger partial charge on any atom is -0.352 e. The zero-order valence-corrected chi connectivity index (χ0v) is 27.1. The molecule has 0 bridgehead atoms. The summed E-state index contributed by atoms with van der Waals surface area (Å²) >= 11 is 0. The molecule has 1 aliphatic heterocycles. The van der Waals surface area contributed by atoms with Crippen LogP contribution in [0.3, 0.4) is 0 Å². The van der Waals surface area contributed by atoms with Crippen molar-refractivity contribution in [2.75, 3.05) is 26.2 Å². The number of piperidine rings is 1. The molecule has 6 rings (SSSR count). The quantitative estimate of drug-likeness (QED) is 0.135. The maximum atomic E-state index is 14.0. The predicted molar refractivity (Wildman–Crippen MR) is 173 cm³/mol. The Bertz CT molecular complexity index is 2180. The number of nitriles is 1. The lowest BCUT2D eigenvalue weighted by Crippen LogP contribution is -2.40. The van der Waals surface area contributed by atoms with Gasteiger partial charge in [0, 0.05) is 48.6 Å². The number of carbonyl (C=O) groups excluding carboxylic acids is 1. The van der Waals surface area contributed by atoms with Crippen molar-refractivity contribution in [1.82, 2.24) is 29.6 Å². The monoisotopic (exact) mass is 693 g/mol. The molecule has 1 fully saturated rings. The van der Waals surface area contributed by atoms with Gasteiger partial charge in [-0.15, -0.1) is 5.10 Å². The zero-order valence-electron chi connectivity index (χ0n) is 26.3. The molecule has 5 aromatic rings. The third kappa shape index (κ3) is 7.26. The maximum Gasteiger partial charge on any atom is 0.417 e. The zero-order chi connectivity index (χ0) is 34.9. The fourth-order valence-corrected chi connectivity index (χ4v) is 7.30. The number of likely N-dealkylation sites (tertiary alicyclic amines) is 1. The van der Waals surface area contributed by atoms with Crippen molar-refractivity contribution in [2.45, 2.75) is 37.4 Å². The van der Waals surface area contributed by atoms with Gasteiger partial charge in [0.15, 0.2) is 5.78 Å². The number of hydrogen-bond donors (Lipinski definition) is 2. The van der Waals surface area contributed by atoms with E-state index in [4.69, 9.17) is 0 Å². The van der Waals surface area contributed by atoms with Gasteiger partial charge in [0.1, 0.15) is 11.5 Å². The molecule has 0 radical (unpaired) electrons. The van der Waals surface area contributed by atoms with Gasteiger partial charge in [-0.3, -0.25) is 9.48 Å². The van der Waals surface area contributed by atoms with Gasteiger partial charge in [-0.25, -0.2) is 17.5 Å². The number of nitrogens with zero attached hydrogens (tertiary/aromatic N) is 5. The summed E-state index contributed by atoms with van der Waals surface area (Å²) in [6.45, 7) is 3.71. The summed E-state index contributed by atoms with van der Waals surface area (Å²) in [7, 11) is -4.26. The highest BCUT2D eigenvalue weighted by atomic mass is 32.2. The van der Waals surface area contributed by atoms with E-state index in [1.54, 1.807) is 16.9 Å². The number of alkyl halides is 3. The van der Waals surface area contributed by atoms with Gasteiger partial charge in [0.2, 0.25) is 10.0 Å². The van der Waals surface area contributed by atoms with Crippen molar-refractivity contribution >= 4 is 26.7 Å². The lowest BCUT2D eigenvalue weighted by atomic mass is 9.95. The molecular formula is C34H31F4N7O3S. The molecule has 0 atom stereocenters. The van der Waals surface area contributed by atoms with E-state index in [0.717, 1.165) is 25.0 Å². The second-order valence-electron chi connectivity index (χ2n) is 12.0. The number of ketones is 1. The minimum absolute atomic E-state index is 0.00347. The predicted octanol–water partition coefficient (Wildman–Crippen LogP) is 6.02. The van der Waals surface area contributed by atoms with Crippen molar-refractivity contribution in [2.24, 2.45) is 5.92 Å². The highest BCUT2D eigenvalue weighted by Crippen LogP contribution is 2.39. The first kappa shape index (κ1) is 34.0. The van der Waals surface area contributed by atoms with Crippen LogP contribution in [0.15, 0.2) is 71.8 Å². The second kappa shape index (κ2) is 13.5. The number of rotatable bonds is 10. The standard InChI is InChI=1S/C34H31F4N7O3S/c1-21(46)33-32(28-16-24(35)6-9-30(28)41-33)31-20-45(43-42-31)19-22-10-13-44(14-11-22)15-12-40-49(47,48)25-7-8-27(29(17-25)34(36,37)38)26-5-3-2-4-23(26)18-39/h2-9,16-17,20,22,40-41H,10-15,19H2,1H3. The molecule has 0 aliphatic carbocycles. The fraction of sp³-hybridized carbons (Fsp3) is 0.294. The van der Waals surface area contributed by atoms with Crippen LogP contribution < -0.4 is 4.72 Å². The Morgan fingerprint density at radius 3 is 2.55 bits per heavy atom. The van der Waals surface area contributed by atoms with Crippen LogP contribution in [0.2, 0.25) is 0 Å². The van der Waals surface area contributed by atoms with E-state index in [0.29, 0.717) is 60.1 Å². The number of sulfonamides is 1. The van der Waals surface area contributed by atoms with Crippen molar-refractivity contribution in [1.29, 1.82) is 5.26 Å². The first-order chi connectivity index (χ1) is 23.3. The maximum absolute atomic E-state index is 14.0. The van der Waals surface area contributed by atoms with Crippen molar-refractivity contribution in [3.8, 4) is 28.5 Å². The first-order valence-corrected chi connectivity index (χ1v) is 17.0.